The first-order chi connectivity index (χ1) is 7.20. The Hall–Kier alpha value is -0.240. The minimum atomic E-state index is 0.365. The van der Waals surface area contributed by atoms with Crippen LogP contribution in [0.3, 0.4) is 0 Å². The Balaban J connectivity index is 1.97. The number of hydrogen-bond acceptors (Lipinski definition) is 2. The summed E-state index contributed by atoms with van der Waals surface area (Å²) in [5, 5.41) is 2.02. The lowest BCUT2D eigenvalue weighted by Crippen LogP contribution is -2.18. The van der Waals surface area contributed by atoms with Gasteiger partial charge in [-0.25, -0.2) is 0 Å². The van der Waals surface area contributed by atoms with Crippen LogP contribution in [-0.2, 0) is 0 Å². The minimum Gasteiger partial charge on any atom is -0.274 e. The van der Waals surface area contributed by atoms with Crippen LogP contribution in [0.1, 0.15) is 39.5 Å². The molecular formula is C13H21NS. The summed E-state index contributed by atoms with van der Waals surface area (Å²) in [5.41, 5.74) is 0. The molecule has 2 rings (SSSR count). The van der Waals surface area contributed by atoms with Gasteiger partial charge in [0.2, 0.25) is 0 Å². The van der Waals surface area contributed by atoms with Gasteiger partial charge in [0.05, 0.1) is 11.1 Å². The summed E-state index contributed by atoms with van der Waals surface area (Å²) < 4.78 is 0. The van der Waals surface area contributed by atoms with Gasteiger partial charge in [0, 0.05) is 11.2 Å². The van der Waals surface area contributed by atoms with Gasteiger partial charge in [-0.15, -0.1) is 18.3 Å². The van der Waals surface area contributed by atoms with Crippen molar-refractivity contribution in [2.24, 2.45) is 16.8 Å². The van der Waals surface area contributed by atoms with Gasteiger partial charge < -0.3 is 0 Å². The molecule has 0 spiro atoms. The second-order valence-electron chi connectivity index (χ2n) is 4.97. The topological polar surface area (TPSA) is 12.4 Å². The van der Waals surface area contributed by atoms with Crippen molar-refractivity contribution in [1.82, 2.24) is 0 Å². The molecule has 0 aromatic carbocycles. The fraction of sp³-hybridized carbons (Fsp3) is 0.769. The number of hydrogen-bond donors (Lipinski definition) is 0. The van der Waals surface area contributed by atoms with E-state index in [1.54, 1.807) is 0 Å². The fourth-order valence-corrected chi connectivity index (χ4v) is 3.80. The van der Waals surface area contributed by atoms with E-state index in [1.165, 1.54) is 30.7 Å². The van der Waals surface area contributed by atoms with Gasteiger partial charge >= 0.3 is 0 Å². The van der Waals surface area contributed by atoms with Gasteiger partial charge in [0.1, 0.15) is 0 Å². The van der Waals surface area contributed by atoms with Crippen LogP contribution in [0, 0.1) is 11.8 Å². The van der Waals surface area contributed by atoms with Crippen LogP contribution in [0.4, 0.5) is 0 Å². The molecule has 1 fully saturated rings. The standard InChI is InChI=1S/C13H21NS/c1-4-12-10(3)15-13(14-12)11-7-5-9(2)6-8-11/h4,9-12H,1,5-8H2,2-3H3. The summed E-state index contributed by atoms with van der Waals surface area (Å²) >= 11 is 1.98. The lowest BCUT2D eigenvalue weighted by atomic mass is 9.83. The SMILES string of the molecule is C=CC1N=C(C2CCC(C)CC2)SC1C. The smallest absolute Gasteiger partial charge is 0.0806 e. The molecule has 0 amide bonds. The summed E-state index contributed by atoms with van der Waals surface area (Å²) in [5.74, 6) is 1.69. The summed E-state index contributed by atoms with van der Waals surface area (Å²) in [6.45, 7) is 8.50. The van der Waals surface area contributed by atoms with E-state index in [0.29, 0.717) is 11.3 Å². The third-order valence-electron chi connectivity index (χ3n) is 3.67. The van der Waals surface area contributed by atoms with Crippen molar-refractivity contribution in [3.8, 4) is 0 Å². The molecule has 84 valence electrons. The molecule has 0 radical (unpaired) electrons. The van der Waals surface area contributed by atoms with Crippen molar-refractivity contribution in [3.63, 3.8) is 0 Å². The summed E-state index contributed by atoms with van der Waals surface area (Å²) in [6.07, 6.45) is 7.47. The van der Waals surface area contributed by atoms with E-state index < -0.39 is 0 Å². The number of thioether (sulfide) groups is 1. The molecule has 2 atom stereocenters. The molecule has 2 aliphatic rings. The van der Waals surface area contributed by atoms with E-state index in [1.807, 2.05) is 17.8 Å². The van der Waals surface area contributed by atoms with Gasteiger partial charge in [-0.3, -0.25) is 4.99 Å². The summed E-state index contributed by atoms with van der Waals surface area (Å²) in [6, 6.07) is 0.365. The van der Waals surface area contributed by atoms with Gasteiger partial charge in [-0.2, -0.15) is 0 Å². The molecule has 0 aromatic heterocycles. The van der Waals surface area contributed by atoms with E-state index in [-0.39, 0.29) is 0 Å². The molecule has 1 nitrogen and oxygen atoms in total. The lowest BCUT2D eigenvalue weighted by Gasteiger charge is -2.25. The van der Waals surface area contributed by atoms with Crippen LogP contribution in [0.25, 0.3) is 0 Å². The molecule has 1 heterocycles. The molecule has 0 N–H and O–H groups in total. The molecule has 1 saturated carbocycles. The van der Waals surface area contributed by atoms with E-state index in [9.17, 15) is 0 Å². The van der Waals surface area contributed by atoms with Gasteiger partial charge in [0.25, 0.3) is 0 Å². The van der Waals surface area contributed by atoms with E-state index >= 15 is 0 Å². The lowest BCUT2D eigenvalue weighted by molar-refractivity contribution is 0.346. The molecule has 0 saturated heterocycles. The molecule has 0 aromatic rings. The van der Waals surface area contributed by atoms with Crippen LogP contribution >= 0.6 is 11.8 Å². The number of aliphatic imine (C=N–C) groups is 1. The first-order valence-electron chi connectivity index (χ1n) is 6.07. The number of nitrogens with zero attached hydrogens (tertiary/aromatic N) is 1. The normalized spacial score (nSPS) is 41.3. The third-order valence-corrected chi connectivity index (χ3v) is 5.00. The molecule has 2 unspecified atom stereocenters. The monoisotopic (exact) mass is 223 g/mol. The number of rotatable bonds is 2. The van der Waals surface area contributed by atoms with Gasteiger partial charge in [0.15, 0.2) is 0 Å². The highest BCUT2D eigenvalue weighted by molar-refractivity contribution is 8.14. The molecule has 1 aliphatic heterocycles. The van der Waals surface area contributed by atoms with Crippen LogP contribution in [0.15, 0.2) is 17.6 Å². The Morgan fingerprint density at radius 2 is 1.93 bits per heavy atom. The first kappa shape index (κ1) is 11.3. The maximum absolute atomic E-state index is 4.80. The predicted octanol–water partition coefficient (Wildman–Crippen LogP) is 3.90. The Bertz CT molecular complexity index is 264. The summed E-state index contributed by atoms with van der Waals surface area (Å²) in [7, 11) is 0. The van der Waals surface area contributed by atoms with Gasteiger partial charge in [-0.05, 0) is 18.8 Å². The Kier molecular flexibility index (Phi) is 3.55. The highest BCUT2D eigenvalue weighted by Gasteiger charge is 2.30. The van der Waals surface area contributed by atoms with Crippen LogP contribution in [-0.4, -0.2) is 16.3 Å². The van der Waals surface area contributed by atoms with Crippen LogP contribution in [0.2, 0.25) is 0 Å². The second kappa shape index (κ2) is 4.73. The molecule has 0 bridgehead atoms. The summed E-state index contributed by atoms with van der Waals surface area (Å²) in [4.78, 5) is 4.80. The Labute approximate surface area is 97.4 Å². The fourth-order valence-electron chi connectivity index (χ4n) is 2.50. The average molecular weight is 223 g/mol. The first-order valence-corrected chi connectivity index (χ1v) is 6.95. The molecule has 15 heavy (non-hydrogen) atoms. The van der Waals surface area contributed by atoms with Crippen molar-refractivity contribution in [2.45, 2.75) is 50.8 Å². The van der Waals surface area contributed by atoms with Crippen LogP contribution < -0.4 is 0 Å². The van der Waals surface area contributed by atoms with Gasteiger partial charge in [-0.1, -0.05) is 32.8 Å². The maximum Gasteiger partial charge on any atom is 0.0806 e. The van der Waals surface area contributed by atoms with Crippen molar-refractivity contribution >= 4 is 16.8 Å². The zero-order chi connectivity index (χ0) is 10.8. The average Bonchev–Trinajstić information content (AvgIpc) is 2.61. The quantitative estimate of drug-likeness (QED) is 0.647. The Morgan fingerprint density at radius 1 is 1.27 bits per heavy atom. The van der Waals surface area contributed by atoms with Crippen LogP contribution in [0.5, 0.6) is 0 Å². The largest absolute Gasteiger partial charge is 0.274 e. The highest BCUT2D eigenvalue weighted by atomic mass is 32.2. The van der Waals surface area contributed by atoms with E-state index in [4.69, 9.17) is 4.99 Å². The highest BCUT2D eigenvalue weighted by Crippen LogP contribution is 2.38. The predicted molar refractivity (Wildman–Crippen MR) is 69.6 cm³/mol. The minimum absolute atomic E-state index is 0.365. The van der Waals surface area contributed by atoms with Crippen molar-refractivity contribution < 1.29 is 0 Å². The zero-order valence-electron chi connectivity index (χ0n) is 9.78. The Morgan fingerprint density at radius 3 is 2.47 bits per heavy atom. The molecule has 1 aliphatic carbocycles. The van der Waals surface area contributed by atoms with Crippen molar-refractivity contribution in [2.75, 3.05) is 0 Å². The van der Waals surface area contributed by atoms with E-state index in [2.05, 4.69) is 20.4 Å². The zero-order valence-corrected chi connectivity index (χ0v) is 10.6. The second-order valence-corrected chi connectivity index (χ2v) is 6.37. The van der Waals surface area contributed by atoms with Crippen molar-refractivity contribution in [3.05, 3.63) is 12.7 Å². The molecule has 2 heteroatoms. The van der Waals surface area contributed by atoms with Crippen molar-refractivity contribution in [1.29, 1.82) is 0 Å². The third kappa shape index (κ3) is 2.47. The van der Waals surface area contributed by atoms with E-state index in [0.717, 1.165) is 11.8 Å². The maximum atomic E-state index is 4.80. The molecular weight excluding hydrogens is 202 g/mol.